The van der Waals surface area contributed by atoms with Crippen molar-refractivity contribution in [2.75, 3.05) is 38.8 Å². The Morgan fingerprint density at radius 3 is 2.81 bits per heavy atom. The predicted molar refractivity (Wildman–Crippen MR) is 84.1 cm³/mol. The van der Waals surface area contributed by atoms with Gasteiger partial charge in [0.25, 0.3) is 5.56 Å². The van der Waals surface area contributed by atoms with Gasteiger partial charge in [-0.2, -0.15) is 5.10 Å². The van der Waals surface area contributed by atoms with Crippen molar-refractivity contribution in [2.45, 2.75) is 26.8 Å². The summed E-state index contributed by atoms with van der Waals surface area (Å²) in [6.45, 7) is 7.09. The third kappa shape index (κ3) is 6.46. The normalized spacial score (nSPS) is 11.1. The number of halogens is 1. The summed E-state index contributed by atoms with van der Waals surface area (Å²) >= 11 is 6.08. The molecule has 0 atom stereocenters. The number of rotatable bonds is 10. The van der Waals surface area contributed by atoms with Crippen molar-refractivity contribution in [1.82, 2.24) is 9.78 Å². The summed E-state index contributed by atoms with van der Waals surface area (Å²) in [4.78, 5) is 12.0. The highest BCUT2D eigenvalue weighted by molar-refractivity contribution is 6.32. The lowest BCUT2D eigenvalue weighted by Gasteiger charge is -2.11. The molecule has 0 bridgehead atoms. The number of aromatic nitrogens is 2. The predicted octanol–water partition coefficient (Wildman–Crippen LogP) is 2.02. The van der Waals surface area contributed by atoms with E-state index in [1.807, 2.05) is 13.8 Å². The number of anilines is 1. The van der Waals surface area contributed by atoms with E-state index in [1.165, 1.54) is 4.68 Å². The lowest BCUT2D eigenvalue weighted by molar-refractivity contribution is 0.0705. The Bertz CT molecular complexity index is 477. The van der Waals surface area contributed by atoms with Crippen LogP contribution in [0.15, 0.2) is 11.0 Å². The molecular formula is C14H24ClN3O3. The molecule has 0 unspecified atom stereocenters. The van der Waals surface area contributed by atoms with Crippen LogP contribution < -0.4 is 10.9 Å². The van der Waals surface area contributed by atoms with Crippen LogP contribution in [0.1, 0.15) is 20.3 Å². The van der Waals surface area contributed by atoms with Gasteiger partial charge in [0.05, 0.1) is 25.1 Å². The van der Waals surface area contributed by atoms with Crippen molar-refractivity contribution in [1.29, 1.82) is 0 Å². The van der Waals surface area contributed by atoms with Gasteiger partial charge in [-0.25, -0.2) is 4.68 Å². The Labute approximate surface area is 130 Å². The fourth-order valence-corrected chi connectivity index (χ4v) is 1.92. The molecule has 0 fully saturated rings. The van der Waals surface area contributed by atoms with E-state index in [0.717, 1.165) is 6.42 Å². The van der Waals surface area contributed by atoms with Crippen molar-refractivity contribution in [2.24, 2.45) is 5.92 Å². The van der Waals surface area contributed by atoms with Crippen LogP contribution in [-0.2, 0) is 16.0 Å². The van der Waals surface area contributed by atoms with Gasteiger partial charge in [0.1, 0.15) is 5.02 Å². The molecule has 120 valence electrons. The summed E-state index contributed by atoms with van der Waals surface area (Å²) in [5.74, 6) is 0.342. The van der Waals surface area contributed by atoms with Crippen molar-refractivity contribution in [3.8, 4) is 0 Å². The molecule has 1 aromatic heterocycles. The highest BCUT2D eigenvalue weighted by atomic mass is 35.5. The van der Waals surface area contributed by atoms with Crippen LogP contribution in [-0.4, -0.2) is 43.3 Å². The molecule has 0 aliphatic rings. The van der Waals surface area contributed by atoms with Gasteiger partial charge in [0, 0.05) is 26.8 Å². The molecular weight excluding hydrogens is 294 g/mol. The van der Waals surface area contributed by atoms with Gasteiger partial charge in [0.15, 0.2) is 0 Å². The lowest BCUT2D eigenvalue weighted by Crippen LogP contribution is -2.26. The van der Waals surface area contributed by atoms with Crippen LogP contribution in [0.25, 0.3) is 0 Å². The number of nitrogens with one attached hydrogen (secondary N) is 1. The standard InChI is InChI=1S/C14H24ClN3O3/c1-11(2)10-18-14(19)13(15)12(9-17-18)16-5-4-6-21-8-7-20-3/h9,11,16H,4-8,10H2,1-3H3. The SMILES string of the molecule is COCCOCCCNc1cnn(CC(C)C)c(=O)c1Cl. The van der Waals surface area contributed by atoms with Crippen LogP contribution >= 0.6 is 11.6 Å². The van der Waals surface area contributed by atoms with E-state index in [0.29, 0.717) is 44.5 Å². The number of methoxy groups -OCH3 is 1. The Morgan fingerprint density at radius 1 is 1.38 bits per heavy atom. The number of hydrogen-bond acceptors (Lipinski definition) is 5. The van der Waals surface area contributed by atoms with Crippen LogP contribution in [0.2, 0.25) is 5.02 Å². The summed E-state index contributed by atoms with van der Waals surface area (Å²) in [6.07, 6.45) is 2.41. The first kappa shape index (κ1) is 17.9. The molecule has 0 aliphatic carbocycles. The maximum absolute atomic E-state index is 12.0. The fourth-order valence-electron chi connectivity index (χ4n) is 1.71. The van der Waals surface area contributed by atoms with Crippen molar-refractivity contribution in [3.05, 3.63) is 21.6 Å². The summed E-state index contributed by atoms with van der Waals surface area (Å²) in [5, 5.41) is 7.42. The summed E-state index contributed by atoms with van der Waals surface area (Å²) in [6, 6.07) is 0. The van der Waals surface area contributed by atoms with Crippen LogP contribution in [0.5, 0.6) is 0 Å². The first-order chi connectivity index (χ1) is 10.1. The summed E-state index contributed by atoms with van der Waals surface area (Å²) < 4.78 is 11.6. The highest BCUT2D eigenvalue weighted by Crippen LogP contribution is 2.15. The smallest absolute Gasteiger partial charge is 0.287 e. The minimum absolute atomic E-state index is 0.186. The largest absolute Gasteiger partial charge is 0.382 e. The molecule has 1 aromatic rings. The maximum Gasteiger partial charge on any atom is 0.287 e. The van der Waals surface area contributed by atoms with Gasteiger partial charge in [-0.3, -0.25) is 4.79 Å². The topological polar surface area (TPSA) is 65.4 Å². The average molecular weight is 318 g/mol. The van der Waals surface area contributed by atoms with E-state index in [9.17, 15) is 4.79 Å². The van der Waals surface area contributed by atoms with Crippen molar-refractivity contribution < 1.29 is 9.47 Å². The third-order valence-corrected chi connectivity index (χ3v) is 3.10. The van der Waals surface area contributed by atoms with Gasteiger partial charge in [-0.05, 0) is 12.3 Å². The number of ether oxygens (including phenoxy) is 2. The fraction of sp³-hybridized carbons (Fsp3) is 0.714. The van der Waals surface area contributed by atoms with Gasteiger partial charge >= 0.3 is 0 Å². The zero-order chi connectivity index (χ0) is 15.7. The maximum atomic E-state index is 12.0. The van der Waals surface area contributed by atoms with Gasteiger partial charge in [-0.1, -0.05) is 25.4 Å². The van der Waals surface area contributed by atoms with E-state index in [-0.39, 0.29) is 10.6 Å². The second-order valence-electron chi connectivity index (χ2n) is 5.14. The molecule has 0 amide bonds. The Morgan fingerprint density at radius 2 is 2.14 bits per heavy atom. The minimum atomic E-state index is -0.258. The Hall–Kier alpha value is -1.11. The summed E-state index contributed by atoms with van der Waals surface area (Å²) in [7, 11) is 1.64. The van der Waals surface area contributed by atoms with E-state index in [4.69, 9.17) is 21.1 Å². The summed E-state index contributed by atoms with van der Waals surface area (Å²) in [5.41, 5.74) is 0.310. The molecule has 21 heavy (non-hydrogen) atoms. The quantitative estimate of drug-likeness (QED) is 0.669. The molecule has 1 rings (SSSR count). The van der Waals surface area contributed by atoms with Crippen LogP contribution in [0.4, 0.5) is 5.69 Å². The van der Waals surface area contributed by atoms with E-state index < -0.39 is 0 Å². The average Bonchev–Trinajstić information content (AvgIpc) is 2.44. The molecule has 1 N–H and O–H groups in total. The van der Waals surface area contributed by atoms with E-state index in [2.05, 4.69) is 10.4 Å². The van der Waals surface area contributed by atoms with E-state index >= 15 is 0 Å². The minimum Gasteiger partial charge on any atom is -0.382 e. The zero-order valence-corrected chi connectivity index (χ0v) is 13.7. The molecule has 0 spiro atoms. The molecule has 0 saturated carbocycles. The first-order valence-electron chi connectivity index (χ1n) is 7.12. The third-order valence-electron chi connectivity index (χ3n) is 2.74. The zero-order valence-electron chi connectivity index (χ0n) is 12.9. The second-order valence-corrected chi connectivity index (χ2v) is 5.52. The highest BCUT2D eigenvalue weighted by Gasteiger charge is 2.09. The molecule has 0 radical (unpaired) electrons. The molecule has 6 nitrogen and oxygen atoms in total. The molecule has 0 aliphatic heterocycles. The molecule has 0 saturated heterocycles. The lowest BCUT2D eigenvalue weighted by atomic mass is 10.2. The Kier molecular flexibility index (Phi) is 8.34. The van der Waals surface area contributed by atoms with Crippen LogP contribution in [0, 0.1) is 5.92 Å². The Balaban J connectivity index is 2.42. The van der Waals surface area contributed by atoms with Crippen LogP contribution in [0.3, 0.4) is 0 Å². The van der Waals surface area contributed by atoms with Gasteiger partial charge < -0.3 is 14.8 Å². The molecule has 1 heterocycles. The van der Waals surface area contributed by atoms with E-state index in [1.54, 1.807) is 13.3 Å². The molecule has 0 aromatic carbocycles. The second kappa shape index (κ2) is 9.76. The van der Waals surface area contributed by atoms with Gasteiger partial charge in [0.2, 0.25) is 0 Å². The van der Waals surface area contributed by atoms with Gasteiger partial charge in [-0.15, -0.1) is 0 Å². The first-order valence-corrected chi connectivity index (χ1v) is 7.50. The van der Waals surface area contributed by atoms with Crippen molar-refractivity contribution >= 4 is 17.3 Å². The monoisotopic (exact) mass is 317 g/mol. The number of nitrogens with zero attached hydrogens (tertiary/aromatic N) is 2. The molecule has 7 heteroatoms. The number of hydrogen-bond donors (Lipinski definition) is 1. The van der Waals surface area contributed by atoms with Crippen molar-refractivity contribution in [3.63, 3.8) is 0 Å².